The van der Waals surface area contributed by atoms with Crippen molar-refractivity contribution >= 4 is 21.9 Å². The number of nitrogens with two attached hydrogens (primary N) is 2. The van der Waals surface area contributed by atoms with Crippen LogP contribution in [0.5, 0.6) is 0 Å². The molecule has 10 heteroatoms. The highest BCUT2D eigenvalue weighted by Gasteiger charge is 2.79. The van der Waals surface area contributed by atoms with Gasteiger partial charge in [-0.25, -0.2) is 18.4 Å². The largest absolute Gasteiger partial charge is 0.443 e. The predicted molar refractivity (Wildman–Crippen MR) is 92.9 cm³/mol. The zero-order chi connectivity index (χ0) is 20.2. The average molecular weight is 393 g/mol. The molecule has 27 heavy (non-hydrogen) atoms. The Hall–Kier alpha value is -2.72. The molecular formula is C17H19N3O6S. The van der Waals surface area contributed by atoms with Crippen molar-refractivity contribution in [3.05, 3.63) is 47.3 Å². The molecule has 2 aromatic rings. The first kappa shape index (κ1) is 19.1. The summed E-state index contributed by atoms with van der Waals surface area (Å²) in [7, 11) is -3.85. The van der Waals surface area contributed by atoms with Crippen LogP contribution in [0.15, 0.2) is 39.8 Å². The van der Waals surface area contributed by atoms with Crippen LogP contribution in [0, 0.1) is 12.3 Å². The molecule has 1 saturated carbocycles. The first-order chi connectivity index (χ1) is 12.4. The van der Waals surface area contributed by atoms with E-state index in [-0.39, 0.29) is 10.6 Å². The second kappa shape index (κ2) is 5.89. The Morgan fingerprint density at radius 1 is 1.22 bits per heavy atom. The number of sulfonamides is 1. The van der Waals surface area contributed by atoms with Crippen LogP contribution in [0.4, 0.5) is 0 Å². The molecule has 2 atom stereocenters. The van der Waals surface area contributed by atoms with Gasteiger partial charge in [0.05, 0.1) is 4.90 Å². The van der Waals surface area contributed by atoms with E-state index in [0.29, 0.717) is 11.3 Å². The lowest BCUT2D eigenvalue weighted by molar-refractivity contribution is -0.131. The van der Waals surface area contributed by atoms with Gasteiger partial charge in [0.15, 0.2) is 5.69 Å². The van der Waals surface area contributed by atoms with Crippen LogP contribution in [-0.4, -0.2) is 31.1 Å². The normalized spacial score (nSPS) is 23.6. The summed E-state index contributed by atoms with van der Waals surface area (Å²) in [5, 5.41) is 8.69. The molecule has 4 N–H and O–H groups in total. The fourth-order valence-corrected chi connectivity index (χ4v) is 4.10. The first-order valence-corrected chi connectivity index (χ1v) is 9.55. The van der Waals surface area contributed by atoms with Gasteiger partial charge in [-0.1, -0.05) is 31.1 Å². The zero-order valence-electron chi connectivity index (χ0n) is 14.9. The highest BCUT2D eigenvalue weighted by molar-refractivity contribution is 7.89. The number of primary sulfonamides is 1. The maximum absolute atomic E-state index is 12.4. The third-order valence-corrected chi connectivity index (χ3v) is 5.93. The van der Waals surface area contributed by atoms with Crippen molar-refractivity contribution in [3.8, 4) is 0 Å². The van der Waals surface area contributed by atoms with Crippen LogP contribution >= 0.6 is 0 Å². The summed E-state index contributed by atoms with van der Waals surface area (Å²) in [4.78, 5) is 24.6. The number of hydrogen-bond acceptors (Lipinski definition) is 7. The third-order valence-electron chi connectivity index (χ3n) is 5.00. The molecular weight excluding hydrogens is 374 g/mol. The number of rotatable bonds is 5. The molecule has 0 radical (unpaired) electrons. The lowest BCUT2D eigenvalue weighted by atomic mass is 10.0. The monoisotopic (exact) mass is 393 g/mol. The molecule has 1 aromatic carbocycles. The molecule has 3 rings (SSSR count). The number of nitrogens with zero attached hydrogens (tertiary/aromatic N) is 1. The van der Waals surface area contributed by atoms with Gasteiger partial charge in [-0.15, -0.1) is 0 Å². The quantitative estimate of drug-likeness (QED) is 0.713. The molecule has 1 heterocycles. The summed E-state index contributed by atoms with van der Waals surface area (Å²) in [5.74, 6) is -1.78. The van der Waals surface area contributed by atoms with E-state index in [1.165, 1.54) is 30.3 Å². The smallest absolute Gasteiger partial charge is 0.361 e. The number of hydrogen-bond donors (Lipinski definition) is 2. The van der Waals surface area contributed by atoms with E-state index in [1.54, 1.807) is 20.8 Å². The molecule has 0 saturated heterocycles. The molecule has 0 bridgehead atoms. The standard InChI is InChI=1S/C17H19N3O6S/c1-9-8-12(20-26-9)14(21)25-17(15(18)22)13(16(17,2)3)10-4-6-11(7-5-10)27(19,23)24/h4-8,13H,1-3H3,(H2,18,22)(H2,19,23,24). The van der Waals surface area contributed by atoms with Gasteiger partial charge in [-0.05, 0) is 24.6 Å². The molecule has 1 aromatic heterocycles. The van der Waals surface area contributed by atoms with Crippen molar-refractivity contribution in [2.24, 2.45) is 16.3 Å². The number of aryl methyl sites for hydroxylation is 1. The summed E-state index contributed by atoms with van der Waals surface area (Å²) < 4.78 is 33.2. The number of aromatic nitrogens is 1. The number of benzene rings is 1. The highest BCUT2D eigenvalue weighted by Crippen LogP contribution is 2.69. The van der Waals surface area contributed by atoms with E-state index in [1.807, 2.05) is 0 Å². The van der Waals surface area contributed by atoms with Crippen LogP contribution < -0.4 is 10.9 Å². The van der Waals surface area contributed by atoms with Gasteiger partial charge in [-0.2, -0.15) is 0 Å². The van der Waals surface area contributed by atoms with E-state index in [9.17, 15) is 18.0 Å². The summed E-state index contributed by atoms with van der Waals surface area (Å²) in [6.45, 7) is 5.08. The third kappa shape index (κ3) is 2.90. The summed E-state index contributed by atoms with van der Waals surface area (Å²) in [5.41, 5.74) is 3.71. The second-order valence-electron chi connectivity index (χ2n) is 7.08. The van der Waals surface area contributed by atoms with Crippen LogP contribution in [0.1, 0.15) is 41.6 Å². The Morgan fingerprint density at radius 2 is 1.81 bits per heavy atom. The number of primary amides is 1. The second-order valence-corrected chi connectivity index (χ2v) is 8.64. The Balaban J connectivity index is 1.96. The molecule has 2 unspecified atom stereocenters. The first-order valence-electron chi connectivity index (χ1n) is 8.00. The topological polar surface area (TPSA) is 156 Å². The van der Waals surface area contributed by atoms with Gasteiger partial charge < -0.3 is 15.0 Å². The highest BCUT2D eigenvalue weighted by atomic mass is 32.2. The van der Waals surface area contributed by atoms with Gasteiger partial charge >= 0.3 is 5.97 Å². The van der Waals surface area contributed by atoms with E-state index in [4.69, 9.17) is 20.1 Å². The predicted octanol–water partition coefficient (Wildman–Crippen LogP) is 0.835. The lowest BCUT2D eigenvalue weighted by Crippen LogP contribution is -2.40. The van der Waals surface area contributed by atoms with Crippen LogP contribution in [0.25, 0.3) is 0 Å². The Kier molecular flexibility index (Phi) is 4.16. The number of ether oxygens (including phenoxy) is 1. The SMILES string of the molecule is Cc1cc(C(=O)OC2(C(N)=O)C(c3ccc(S(N)(=O)=O)cc3)C2(C)C)no1. The molecule has 0 aliphatic heterocycles. The van der Waals surface area contributed by atoms with E-state index >= 15 is 0 Å². The fourth-order valence-electron chi connectivity index (χ4n) is 3.59. The van der Waals surface area contributed by atoms with Gasteiger partial charge in [0, 0.05) is 17.4 Å². The fraction of sp³-hybridized carbons (Fsp3) is 0.353. The van der Waals surface area contributed by atoms with E-state index in [0.717, 1.165) is 0 Å². The van der Waals surface area contributed by atoms with Crippen molar-refractivity contribution in [2.75, 3.05) is 0 Å². The van der Waals surface area contributed by atoms with Crippen LogP contribution in [0.2, 0.25) is 0 Å². The van der Waals surface area contributed by atoms with Crippen molar-refractivity contribution in [1.29, 1.82) is 0 Å². The Bertz CT molecular complexity index is 1030. The number of carbonyl (C=O) groups is 2. The van der Waals surface area contributed by atoms with Crippen molar-refractivity contribution in [1.82, 2.24) is 5.16 Å². The molecule has 1 amide bonds. The lowest BCUT2D eigenvalue weighted by Gasteiger charge is -2.17. The van der Waals surface area contributed by atoms with Crippen LogP contribution in [-0.2, 0) is 19.6 Å². The molecule has 1 aliphatic rings. The number of carbonyl (C=O) groups excluding carboxylic acids is 2. The molecule has 1 fully saturated rings. The van der Waals surface area contributed by atoms with Crippen LogP contribution in [0.3, 0.4) is 0 Å². The minimum Gasteiger partial charge on any atom is -0.443 e. The van der Waals surface area contributed by atoms with Crippen molar-refractivity contribution < 1.29 is 27.3 Å². The Labute approximate surface area is 155 Å². The number of amides is 1. The Morgan fingerprint density at radius 3 is 2.26 bits per heavy atom. The molecule has 9 nitrogen and oxygen atoms in total. The van der Waals surface area contributed by atoms with Gasteiger partial charge in [0.25, 0.3) is 5.91 Å². The number of esters is 1. The molecule has 1 aliphatic carbocycles. The van der Waals surface area contributed by atoms with Gasteiger partial charge in [0.2, 0.25) is 15.6 Å². The summed E-state index contributed by atoms with van der Waals surface area (Å²) in [6.07, 6.45) is 0. The van der Waals surface area contributed by atoms with E-state index in [2.05, 4.69) is 5.16 Å². The average Bonchev–Trinajstić information content (AvgIpc) is 2.85. The minimum atomic E-state index is -3.85. The van der Waals surface area contributed by atoms with Crippen molar-refractivity contribution in [2.45, 2.75) is 37.2 Å². The summed E-state index contributed by atoms with van der Waals surface area (Å²) in [6, 6.07) is 7.08. The molecule has 0 spiro atoms. The zero-order valence-corrected chi connectivity index (χ0v) is 15.7. The maximum atomic E-state index is 12.4. The summed E-state index contributed by atoms with van der Waals surface area (Å²) >= 11 is 0. The van der Waals surface area contributed by atoms with Gasteiger partial charge in [0.1, 0.15) is 5.76 Å². The maximum Gasteiger partial charge on any atom is 0.361 e. The van der Waals surface area contributed by atoms with Gasteiger partial charge in [-0.3, -0.25) is 4.79 Å². The van der Waals surface area contributed by atoms with E-state index < -0.39 is 38.8 Å². The minimum absolute atomic E-state index is 0.0653. The molecule has 144 valence electrons. The van der Waals surface area contributed by atoms with Crippen molar-refractivity contribution in [3.63, 3.8) is 0 Å².